The molecule has 2 amide bonds. The van der Waals surface area contributed by atoms with Gasteiger partial charge in [0.25, 0.3) is 0 Å². The minimum atomic E-state index is -0.311. The normalized spacial score (nSPS) is 10.2. The number of amides is 2. The van der Waals surface area contributed by atoms with Crippen LogP contribution in [-0.4, -0.2) is 18.4 Å². The average molecular weight is 313 g/mol. The van der Waals surface area contributed by atoms with Crippen molar-refractivity contribution < 1.29 is 9.59 Å². The van der Waals surface area contributed by atoms with E-state index in [1.807, 2.05) is 26.0 Å². The molecule has 0 saturated heterocycles. The fourth-order valence-corrected chi connectivity index (χ4v) is 1.70. The van der Waals surface area contributed by atoms with E-state index in [4.69, 9.17) is 0 Å². The highest BCUT2D eigenvalue weighted by molar-refractivity contribution is 9.10. The molecule has 0 aromatic heterocycles. The van der Waals surface area contributed by atoms with Crippen LogP contribution < -0.4 is 10.6 Å². The Hall–Kier alpha value is -1.36. The van der Waals surface area contributed by atoms with E-state index < -0.39 is 0 Å². The molecule has 1 aromatic rings. The van der Waals surface area contributed by atoms with Gasteiger partial charge in [0.15, 0.2) is 0 Å². The van der Waals surface area contributed by atoms with E-state index in [0.717, 1.165) is 4.47 Å². The highest BCUT2D eigenvalue weighted by Gasteiger charge is 2.09. The van der Waals surface area contributed by atoms with Crippen molar-refractivity contribution >= 4 is 33.4 Å². The molecule has 0 radical (unpaired) electrons. The van der Waals surface area contributed by atoms with Crippen LogP contribution in [0.4, 0.5) is 5.69 Å². The molecule has 2 N–H and O–H groups in total. The SMILES string of the molecule is CC(C)CNC(=O)CC(=O)Nc1cccc(Br)c1. The van der Waals surface area contributed by atoms with Crippen molar-refractivity contribution in [3.05, 3.63) is 28.7 Å². The summed E-state index contributed by atoms with van der Waals surface area (Å²) >= 11 is 3.31. The van der Waals surface area contributed by atoms with E-state index in [-0.39, 0.29) is 18.2 Å². The number of nitrogens with one attached hydrogen (secondary N) is 2. The summed E-state index contributed by atoms with van der Waals surface area (Å²) in [7, 11) is 0. The van der Waals surface area contributed by atoms with Gasteiger partial charge >= 0.3 is 0 Å². The molecule has 0 bridgehead atoms. The Morgan fingerprint density at radius 2 is 2.00 bits per heavy atom. The molecule has 0 fully saturated rings. The zero-order valence-corrected chi connectivity index (χ0v) is 12.1. The van der Waals surface area contributed by atoms with Crippen LogP contribution in [0.25, 0.3) is 0 Å². The van der Waals surface area contributed by atoms with Crippen LogP contribution in [0.3, 0.4) is 0 Å². The maximum absolute atomic E-state index is 11.6. The van der Waals surface area contributed by atoms with Crippen LogP contribution >= 0.6 is 15.9 Å². The predicted molar refractivity (Wildman–Crippen MR) is 75.2 cm³/mol. The van der Waals surface area contributed by atoms with Crippen LogP contribution in [0.2, 0.25) is 0 Å². The van der Waals surface area contributed by atoms with Crippen molar-refractivity contribution in [3.63, 3.8) is 0 Å². The molecular formula is C13H17BrN2O2. The maximum atomic E-state index is 11.6. The van der Waals surface area contributed by atoms with Crippen molar-refractivity contribution in [1.82, 2.24) is 5.32 Å². The molecule has 0 unspecified atom stereocenters. The lowest BCUT2D eigenvalue weighted by atomic mass is 10.2. The van der Waals surface area contributed by atoms with Gasteiger partial charge in [0.1, 0.15) is 6.42 Å². The highest BCUT2D eigenvalue weighted by Crippen LogP contribution is 2.15. The number of hydrogen-bond acceptors (Lipinski definition) is 2. The molecule has 0 atom stereocenters. The molecule has 4 nitrogen and oxygen atoms in total. The Balaban J connectivity index is 2.40. The Morgan fingerprint density at radius 3 is 2.61 bits per heavy atom. The molecule has 0 saturated carbocycles. The number of carbonyl (C=O) groups is 2. The first kappa shape index (κ1) is 14.7. The van der Waals surface area contributed by atoms with Gasteiger partial charge in [0.05, 0.1) is 0 Å². The number of halogens is 1. The summed E-state index contributed by atoms with van der Waals surface area (Å²) in [6, 6.07) is 7.24. The van der Waals surface area contributed by atoms with Crippen molar-refractivity contribution in [2.75, 3.05) is 11.9 Å². The minimum absolute atomic E-state index is 0.154. The third kappa shape index (κ3) is 5.82. The number of rotatable bonds is 5. The molecule has 1 aromatic carbocycles. The molecule has 0 spiro atoms. The van der Waals surface area contributed by atoms with Gasteiger partial charge < -0.3 is 10.6 Å². The van der Waals surface area contributed by atoms with Gasteiger partial charge in [0, 0.05) is 16.7 Å². The van der Waals surface area contributed by atoms with Crippen molar-refractivity contribution in [2.24, 2.45) is 5.92 Å². The van der Waals surface area contributed by atoms with E-state index in [2.05, 4.69) is 26.6 Å². The molecule has 0 heterocycles. The minimum Gasteiger partial charge on any atom is -0.355 e. The molecule has 0 aliphatic carbocycles. The summed E-state index contributed by atoms with van der Waals surface area (Å²) in [6.45, 7) is 4.59. The van der Waals surface area contributed by atoms with Crippen molar-refractivity contribution in [3.8, 4) is 0 Å². The second-order valence-corrected chi connectivity index (χ2v) is 5.35. The van der Waals surface area contributed by atoms with Crippen molar-refractivity contribution in [1.29, 1.82) is 0 Å². The summed E-state index contributed by atoms with van der Waals surface area (Å²) in [5, 5.41) is 5.37. The summed E-state index contributed by atoms with van der Waals surface area (Å²) in [5.74, 6) is -0.187. The van der Waals surface area contributed by atoms with E-state index in [0.29, 0.717) is 18.2 Å². The largest absolute Gasteiger partial charge is 0.355 e. The lowest BCUT2D eigenvalue weighted by Crippen LogP contribution is -2.30. The average Bonchev–Trinajstić information content (AvgIpc) is 2.26. The fraction of sp³-hybridized carbons (Fsp3) is 0.385. The van der Waals surface area contributed by atoms with Crippen LogP contribution in [0.5, 0.6) is 0 Å². The standard InChI is InChI=1S/C13H17BrN2O2/c1-9(2)8-15-12(17)7-13(18)16-11-5-3-4-10(14)6-11/h3-6,9H,7-8H2,1-2H3,(H,15,17)(H,16,18). The fourth-order valence-electron chi connectivity index (χ4n) is 1.30. The van der Waals surface area contributed by atoms with Gasteiger partial charge in [0.2, 0.25) is 11.8 Å². The van der Waals surface area contributed by atoms with E-state index >= 15 is 0 Å². The lowest BCUT2D eigenvalue weighted by Gasteiger charge is -2.08. The quantitative estimate of drug-likeness (QED) is 0.821. The first-order valence-electron chi connectivity index (χ1n) is 5.79. The van der Waals surface area contributed by atoms with Gasteiger partial charge in [-0.3, -0.25) is 9.59 Å². The van der Waals surface area contributed by atoms with E-state index in [9.17, 15) is 9.59 Å². The first-order chi connectivity index (χ1) is 8.47. The lowest BCUT2D eigenvalue weighted by molar-refractivity contribution is -0.126. The Bertz CT molecular complexity index is 433. The summed E-state index contributed by atoms with van der Waals surface area (Å²) in [4.78, 5) is 23.0. The number of carbonyl (C=O) groups excluding carboxylic acids is 2. The molecule has 0 aliphatic rings. The molecular weight excluding hydrogens is 296 g/mol. The second-order valence-electron chi connectivity index (χ2n) is 4.43. The Labute approximate surface area is 115 Å². The zero-order chi connectivity index (χ0) is 13.5. The summed E-state index contributed by atoms with van der Waals surface area (Å²) in [5.41, 5.74) is 0.672. The Morgan fingerprint density at radius 1 is 1.28 bits per heavy atom. The van der Waals surface area contributed by atoms with E-state index in [1.54, 1.807) is 12.1 Å². The summed E-state index contributed by atoms with van der Waals surface area (Å²) in [6.07, 6.45) is -0.154. The second kappa shape index (κ2) is 7.16. The molecule has 18 heavy (non-hydrogen) atoms. The third-order valence-electron chi connectivity index (χ3n) is 2.14. The van der Waals surface area contributed by atoms with Crippen LogP contribution in [0.15, 0.2) is 28.7 Å². The van der Waals surface area contributed by atoms with Gasteiger partial charge in [-0.15, -0.1) is 0 Å². The molecule has 0 aliphatic heterocycles. The number of hydrogen-bond donors (Lipinski definition) is 2. The van der Waals surface area contributed by atoms with Gasteiger partial charge in [-0.25, -0.2) is 0 Å². The van der Waals surface area contributed by atoms with Crippen LogP contribution in [-0.2, 0) is 9.59 Å². The molecule has 5 heteroatoms. The first-order valence-corrected chi connectivity index (χ1v) is 6.59. The van der Waals surface area contributed by atoms with Crippen LogP contribution in [0, 0.1) is 5.92 Å². The van der Waals surface area contributed by atoms with Gasteiger partial charge in [-0.1, -0.05) is 35.8 Å². The third-order valence-corrected chi connectivity index (χ3v) is 2.63. The maximum Gasteiger partial charge on any atom is 0.233 e. The van der Waals surface area contributed by atoms with E-state index in [1.165, 1.54) is 0 Å². The zero-order valence-electron chi connectivity index (χ0n) is 10.5. The smallest absolute Gasteiger partial charge is 0.233 e. The predicted octanol–water partition coefficient (Wildman–Crippen LogP) is 2.55. The number of benzene rings is 1. The number of anilines is 1. The van der Waals surface area contributed by atoms with Gasteiger partial charge in [-0.05, 0) is 24.1 Å². The van der Waals surface area contributed by atoms with Gasteiger partial charge in [-0.2, -0.15) is 0 Å². The Kier molecular flexibility index (Phi) is 5.85. The summed E-state index contributed by atoms with van der Waals surface area (Å²) < 4.78 is 0.879. The molecule has 1 rings (SSSR count). The van der Waals surface area contributed by atoms with Crippen molar-refractivity contribution in [2.45, 2.75) is 20.3 Å². The van der Waals surface area contributed by atoms with Crippen LogP contribution in [0.1, 0.15) is 20.3 Å². The molecule has 98 valence electrons. The monoisotopic (exact) mass is 312 g/mol. The highest BCUT2D eigenvalue weighted by atomic mass is 79.9. The topological polar surface area (TPSA) is 58.2 Å².